The average Bonchev–Trinajstić information content (AvgIpc) is 1.97. The Morgan fingerprint density at radius 2 is 1.91 bits per heavy atom. The summed E-state index contributed by atoms with van der Waals surface area (Å²) < 4.78 is 0. The van der Waals surface area contributed by atoms with Gasteiger partial charge in [-0.1, -0.05) is 19.9 Å². The zero-order valence-electron chi connectivity index (χ0n) is 7.70. The predicted octanol–water partition coefficient (Wildman–Crippen LogP) is 2.67. The Morgan fingerprint density at radius 3 is 2.27 bits per heavy atom. The van der Waals surface area contributed by atoms with Crippen LogP contribution in [0.4, 0.5) is 0 Å². The Bertz CT molecular complexity index is 176. The maximum absolute atomic E-state index is 4.17. The van der Waals surface area contributed by atoms with E-state index in [1.165, 1.54) is 0 Å². The van der Waals surface area contributed by atoms with Gasteiger partial charge in [0.1, 0.15) is 5.84 Å². The van der Waals surface area contributed by atoms with E-state index in [1.807, 2.05) is 19.9 Å². The number of allylic oxidation sites excluding steroid dienone is 1. The monoisotopic (exact) mass is 152 g/mol. The molecule has 11 heavy (non-hydrogen) atoms. The molecule has 0 aliphatic rings. The summed E-state index contributed by atoms with van der Waals surface area (Å²) in [5.74, 6) is 1.27. The molecule has 0 amide bonds. The third-order valence-corrected chi connectivity index (χ3v) is 1.13. The molecule has 0 heterocycles. The van der Waals surface area contributed by atoms with Crippen LogP contribution in [0, 0.1) is 5.92 Å². The van der Waals surface area contributed by atoms with E-state index in [9.17, 15) is 0 Å². The number of aliphatic imine (C=N–C) groups is 2. The van der Waals surface area contributed by atoms with Crippen molar-refractivity contribution in [1.82, 2.24) is 0 Å². The maximum atomic E-state index is 4.17. The van der Waals surface area contributed by atoms with Gasteiger partial charge < -0.3 is 0 Å². The molecule has 62 valence electrons. The fourth-order valence-corrected chi connectivity index (χ4v) is 0.615. The van der Waals surface area contributed by atoms with Crippen molar-refractivity contribution in [3.8, 4) is 0 Å². The fraction of sp³-hybridized carbons (Fsp3) is 0.556. The molecular formula is C9H16N2. The van der Waals surface area contributed by atoms with Crippen LogP contribution >= 0.6 is 0 Å². The molecule has 2 nitrogen and oxygen atoms in total. The summed E-state index contributed by atoms with van der Waals surface area (Å²) in [6.07, 6.45) is 5.43. The number of amidine groups is 1. The summed E-state index contributed by atoms with van der Waals surface area (Å²) in [5, 5.41) is 0. The molecule has 0 aromatic rings. The molecule has 0 aliphatic heterocycles. The van der Waals surface area contributed by atoms with Crippen LogP contribution in [0.5, 0.6) is 0 Å². The fourth-order valence-electron chi connectivity index (χ4n) is 0.615. The summed E-state index contributed by atoms with van der Waals surface area (Å²) in [6.45, 7) is 8.00. The van der Waals surface area contributed by atoms with E-state index in [1.54, 1.807) is 12.4 Å². The van der Waals surface area contributed by atoms with Gasteiger partial charge in [0.25, 0.3) is 0 Å². The van der Waals surface area contributed by atoms with Crippen molar-refractivity contribution < 1.29 is 0 Å². The van der Waals surface area contributed by atoms with Crippen LogP contribution in [0.15, 0.2) is 22.3 Å². The Hall–Kier alpha value is -0.920. The normalized spacial score (nSPS) is 14.1. The molecule has 0 radical (unpaired) electrons. The lowest BCUT2D eigenvalue weighted by Crippen LogP contribution is -2.03. The zero-order valence-corrected chi connectivity index (χ0v) is 7.70. The highest BCUT2D eigenvalue weighted by molar-refractivity contribution is 5.90. The number of hydrogen-bond acceptors (Lipinski definition) is 1. The lowest BCUT2D eigenvalue weighted by atomic mass is 10.2. The van der Waals surface area contributed by atoms with E-state index in [0.29, 0.717) is 5.92 Å². The van der Waals surface area contributed by atoms with E-state index in [4.69, 9.17) is 0 Å². The highest BCUT2D eigenvalue weighted by atomic mass is 14.9. The maximum Gasteiger partial charge on any atom is 0.130 e. The molecule has 0 bridgehead atoms. The minimum atomic E-state index is 0.391. The second-order valence-electron chi connectivity index (χ2n) is 2.51. The molecular weight excluding hydrogens is 136 g/mol. The number of hydrogen-bond donors (Lipinski definition) is 0. The highest BCUT2D eigenvalue weighted by Crippen LogP contribution is 1.98. The van der Waals surface area contributed by atoms with E-state index in [-0.39, 0.29) is 0 Å². The molecule has 0 unspecified atom stereocenters. The molecule has 0 aromatic carbocycles. The van der Waals surface area contributed by atoms with Crippen molar-refractivity contribution in [3.05, 3.63) is 12.3 Å². The summed E-state index contributed by atoms with van der Waals surface area (Å²) in [6, 6.07) is 0. The SMILES string of the molecule is CC=NC(=N/C=C\C)C(C)C. The van der Waals surface area contributed by atoms with Crippen LogP contribution in [0.2, 0.25) is 0 Å². The van der Waals surface area contributed by atoms with Crippen LogP contribution in [0.25, 0.3) is 0 Å². The van der Waals surface area contributed by atoms with E-state index in [2.05, 4.69) is 23.8 Å². The van der Waals surface area contributed by atoms with Crippen molar-refractivity contribution in [2.45, 2.75) is 27.7 Å². The molecule has 0 spiro atoms. The third-order valence-electron chi connectivity index (χ3n) is 1.13. The Morgan fingerprint density at radius 1 is 1.27 bits per heavy atom. The third kappa shape index (κ3) is 4.48. The standard InChI is InChI=1S/C9H16N2/c1-5-7-11-9(8(3)4)10-6-2/h5-8H,1-4H3/b7-5-,10-6?,11-9?. The molecule has 0 aromatic heterocycles. The molecule has 0 N–H and O–H groups in total. The molecule has 0 atom stereocenters. The minimum Gasteiger partial charge on any atom is -0.246 e. The minimum absolute atomic E-state index is 0.391. The largest absolute Gasteiger partial charge is 0.246 e. The first-order chi connectivity index (χ1) is 5.22. The quantitative estimate of drug-likeness (QED) is 0.429. The van der Waals surface area contributed by atoms with Gasteiger partial charge >= 0.3 is 0 Å². The summed E-state index contributed by atoms with van der Waals surface area (Å²) in [7, 11) is 0. The zero-order chi connectivity index (χ0) is 8.69. The Balaban J connectivity index is 4.32. The predicted molar refractivity (Wildman–Crippen MR) is 51.3 cm³/mol. The molecule has 0 rings (SSSR count). The topological polar surface area (TPSA) is 24.7 Å². The van der Waals surface area contributed by atoms with Gasteiger partial charge in [0.2, 0.25) is 0 Å². The van der Waals surface area contributed by atoms with Gasteiger partial charge in [-0.15, -0.1) is 0 Å². The Labute approximate surface area is 68.8 Å². The van der Waals surface area contributed by atoms with Crippen molar-refractivity contribution in [3.63, 3.8) is 0 Å². The smallest absolute Gasteiger partial charge is 0.130 e. The van der Waals surface area contributed by atoms with Gasteiger partial charge in [0.15, 0.2) is 0 Å². The lowest BCUT2D eigenvalue weighted by Gasteiger charge is -2.00. The molecule has 2 heteroatoms. The number of rotatable bonds is 2. The highest BCUT2D eigenvalue weighted by Gasteiger charge is 1.99. The Kier molecular flexibility index (Phi) is 5.35. The van der Waals surface area contributed by atoms with E-state index < -0.39 is 0 Å². The summed E-state index contributed by atoms with van der Waals surface area (Å²) in [4.78, 5) is 8.30. The first-order valence-corrected chi connectivity index (χ1v) is 3.90. The first-order valence-electron chi connectivity index (χ1n) is 3.90. The lowest BCUT2D eigenvalue weighted by molar-refractivity contribution is 0.873. The van der Waals surface area contributed by atoms with Crippen molar-refractivity contribution in [1.29, 1.82) is 0 Å². The molecule has 0 saturated heterocycles. The summed E-state index contributed by atoms with van der Waals surface area (Å²) >= 11 is 0. The molecule has 0 saturated carbocycles. The molecule has 0 fully saturated rings. The van der Waals surface area contributed by atoms with Crippen molar-refractivity contribution in [2.75, 3.05) is 0 Å². The van der Waals surface area contributed by atoms with Crippen molar-refractivity contribution in [2.24, 2.45) is 15.9 Å². The van der Waals surface area contributed by atoms with Gasteiger partial charge in [-0.25, -0.2) is 9.98 Å². The van der Waals surface area contributed by atoms with Crippen LogP contribution in [-0.4, -0.2) is 12.1 Å². The second kappa shape index (κ2) is 5.83. The van der Waals surface area contributed by atoms with Crippen molar-refractivity contribution >= 4 is 12.1 Å². The van der Waals surface area contributed by atoms with Gasteiger partial charge in [-0.2, -0.15) is 0 Å². The molecule has 0 aliphatic carbocycles. The number of nitrogens with zero attached hydrogens (tertiary/aromatic N) is 2. The summed E-state index contributed by atoms with van der Waals surface area (Å²) in [5.41, 5.74) is 0. The van der Waals surface area contributed by atoms with Gasteiger partial charge in [0, 0.05) is 18.3 Å². The van der Waals surface area contributed by atoms with Crippen LogP contribution in [0.3, 0.4) is 0 Å². The van der Waals surface area contributed by atoms with Crippen LogP contribution < -0.4 is 0 Å². The van der Waals surface area contributed by atoms with Gasteiger partial charge in [-0.05, 0) is 13.8 Å². The van der Waals surface area contributed by atoms with E-state index >= 15 is 0 Å². The van der Waals surface area contributed by atoms with Gasteiger partial charge in [-0.3, -0.25) is 0 Å². The first kappa shape index (κ1) is 10.1. The van der Waals surface area contributed by atoms with Crippen LogP contribution in [0.1, 0.15) is 27.7 Å². The van der Waals surface area contributed by atoms with Gasteiger partial charge in [0.05, 0.1) is 0 Å². The average molecular weight is 152 g/mol. The van der Waals surface area contributed by atoms with Crippen LogP contribution in [-0.2, 0) is 0 Å². The second-order valence-corrected chi connectivity index (χ2v) is 2.51. The van der Waals surface area contributed by atoms with E-state index in [0.717, 1.165) is 5.84 Å².